The minimum absolute atomic E-state index is 1.12. The number of thiophene rings is 1. The Morgan fingerprint density at radius 3 is 2.40 bits per heavy atom. The van der Waals surface area contributed by atoms with E-state index in [1.807, 2.05) is 11.3 Å². The quantitative estimate of drug-likeness (QED) is 0.844. The van der Waals surface area contributed by atoms with Gasteiger partial charge in [0.25, 0.3) is 0 Å². The summed E-state index contributed by atoms with van der Waals surface area (Å²) in [6.07, 6.45) is 0. The molecule has 0 N–H and O–H groups in total. The van der Waals surface area contributed by atoms with E-state index in [1.54, 1.807) is 0 Å². The molecule has 0 aliphatic carbocycles. The van der Waals surface area contributed by atoms with Gasteiger partial charge in [0.2, 0.25) is 0 Å². The first-order valence-corrected chi connectivity index (χ1v) is 7.08. The van der Waals surface area contributed by atoms with Gasteiger partial charge >= 0.3 is 0 Å². The Hall–Kier alpha value is 0.1000. The Bertz CT molecular complexity index is 305. The van der Waals surface area contributed by atoms with Crippen LogP contribution in [0, 0.1) is 0 Å². The predicted octanol–water partition coefficient (Wildman–Crippen LogP) is 2.65. The molecule has 0 atom stereocenters. The molecule has 1 aromatic rings. The van der Waals surface area contributed by atoms with Crippen LogP contribution in [0.15, 0.2) is 15.9 Å². The van der Waals surface area contributed by atoms with Gasteiger partial charge < -0.3 is 4.90 Å². The molecule has 15 heavy (non-hydrogen) atoms. The third-order valence-electron chi connectivity index (χ3n) is 2.92. The van der Waals surface area contributed by atoms with E-state index in [1.165, 1.54) is 41.4 Å². The molecule has 1 fully saturated rings. The molecule has 0 bridgehead atoms. The molecular formula is C11H17BrN2S. The van der Waals surface area contributed by atoms with Crippen LogP contribution in [0.3, 0.4) is 0 Å². The molecule has 1 aliphatic heterocycles. The van der Waals surface area contributed by atoms with E-state index in [0.29, 0.717) is 0 Å². The average molecular weight is 289 g/mol. The predicted molar refractivity (Wildman–Crippen MR) is 69.4 cm³/mol. The highest BCUT2D eigenvalue weighted by Gasteiger charge is 2.15. The normalized spacial score (nSPS) is 19.6. The van der Waals surface area contributed by atoms with Crippen molar-refractivity contribution in [3.05, 3.63) is 20.8 Å². The fraction of sp³-hybridized carbons (Fsp3) is 0.636. The number of nitrogens with zero attached hydrogens (tertiary/aromatic N) is 2. The van der Waals surface area contributed by atoms with Crippen LogP contribution in [0.2, 0.25) is 0 Å². The van der Waals surface area contributed by atoms with Crippen molar-refractivity contribution in [2.45, 2.75) is 13.5 Å². The van der Waals surface area contributed by atoms with Gasteiger partial charge in [-0.25, -0.2) is 0 Å². The summed E-state index contributed by atoms with van der Waals surface area (Å²) in [5.74, 6) is 0. The summed E-state index contributed by atoms with van der Waals surface area (Å²) >= 11 is 5.36. The molecule has 0 saturated carbocycles. The van der Waals surface area contributed by atoms with Gasteiger partial charge in [0, 0.05) is 37.6 Å². The fourth-order valence-corrected chi connectivity index (χ4v) is 3.45. The monoisotopic (exact) mass is 288 g/mol. The summed E-state index contributed by atoms with van der Waals surface area (Å²) in [6.45, 7) is 9.43. The van der Waals surface area contributed by atoms with Gasteiger partial charge in [-0.05, 0) is 34.6 Å². The zero-order chi connectivity index (χ0) is 10.7. The number of hydrogen-bond donors (Lipinski definition) is 0. The van der Waals surface area contributed by atoms with Crippen LogP contribution in [0.5, 0.6) is 0 Å². The number of likely N-dealkylation sites (N-methyl/N-ethyl adjacent to an activating group) is 1. The van der Waals surface area contributed by atoms with Gasteiger partial charge in [-0.15, -0.1) is 11.3 Å². The Kier molecular flexibility index (Phi) is 4.20. The Morgan fingerprint density at radius 2 is 1.87 bits per heavy atom. The second-order valence-electron chi connectivity index (χ2n) is 3.92. The van der Waals surface area contributed by atoms with Crippen molar-refractivity contribution in [1.29, 1.82) is 0 Å². The summed E-state index contributed by atoms with van der Waals surface area (Å²) in [5, 5.41) is 0. The maximum atomic E-state index is 3.51. The molecule has 0 unspecified atom stereocenters. The van der Waals surface area contributed by atoms with Crippen molar-refractivity contribution >= 4 is 27.3 Å². The molecular weight excluding hydrogens is 272 g/mol. The molecule has 2 heterocycles. The van der Waals surface area contributed by atoms with Gasteiger partial charge in [-0.1, -0.05) is 6.92 Å². The minimum Gasteiger partial charge on any atom is -0.301 e. The molecule has 1 aliphatic rings. The van der Waals surface area contributed by atoms with Crippen LogP contribution < -0.4 is 0 Å². The lowest BCUT2D eigenvalue weighted by Crippen LogP contribution is -2.45. The highest BCUT2D eigenvalue weighted by molar-refractivity contribution is 9.11. The summed E-state index contributed by atoms with van der Waals surface area (Å²) in [4.78, 5) is 6.53. The standard InChI is InChI=1S/C11H17BrN2S/c1-2-13-5-7-14(8-6-13)9-10-3-4-11(12)15-10/h3-4H,2,5-9H2,1H3. The first-order valence-electron chi connectivity index (χ1n) is 5.47. The molecule has 4 heteroatoms. The van der Waals surface area contributed by atoms with Crippen molar-refractivity contribution in [2.24, 2.45) is 0 Å². The Balaban J connectivity index is 1.82. The van der Waals surface area contributed by atoms with Crippen LogP contribution in [0.25, 0.3) is 0 Å². The molecule has 0 amide bonds. The molecule has 84 valence electrons. The number of piperazine rings is 1. The molecule has 1 saturated heterocycles. The topological polar surface area (TPSA) is 6.48 Å². The smallest absolute Gasteiger partial charge is 0.0701 e. The van der Waals surface area contributed by atoms with Crippen LogP contribution in [-0.2, 0) is 6.54 Å². The summed E-state index contributed by atoms with van der Waals surface area (Å²) in [5.41, 5.74) is 0. The highest BCUT2D eigenvalue weighted by atomic mass is 79.9. The molecule has 1 aromatic heterocycles. The van der Waals surface area contributed by atoms with E-state index >= 15 is 0 Å². The Morgan fingerprint density at radius 1 is 1.20 bits per heavy atom. The van der Waals surface area contributed by atoms with E-state index in [9.17, 15) is 0 Å². The lowest BCUT2D eigenvalue weighted by molar-refractivity contribution is 0.133. The Labute approximate surface area is 104 Å². The van der Waals surface area contributed by atoms with Gasteiger partial charge in [-0.3, -0.25) is 4.90 Å². The lowest BCUT2D eigenvalue weighted by Gasteiger charge is -2.33. The first kappa shape index (κ1) is 11.6. The first-order chi connectivity index (χ1) is 7.28. The second-order valence-corrected chi connectivity index (χ2v) is 6.46. The van der Waals surface area contributed by atoms with Crippen LogP contribution in [0.1, 0.15) is 11.8 Å². The van der Waals surface area contributed by atoms with Crippen LogP contribution >= 0.6 is 27.3 Å². The van der Waals surface area contributed by atoms with Gasteiger partial charge in [0.1, 0.15) is 0 Å². The van der Waals surface area contributed by atoms with Crippen molar-refractivity contribution in [2.75, 3.05) is 32.7 Å². The SMILES string of the molecule is CCN1CCN(Cc2ccc(Br)s2)CC1. The van der Waals surface area contributed by atoms with E-state index in [2.05, 4.69) is 44.8 Å². The van der Waals surface area contributed by atoms with E-state index in [4.69, 9.17) is 0 Å². The lowest BCUT2D eigenvalue weighted by atomic mass is 10.3. The molecule has 0 aromatic carbocycles. The number of halogens is 1. The maximum absolute atomic E-state index is 3.51. The largest absolute Gasteiger partial charge is 0.301 e. The third kappa shape index (κ3) is 3.28. The van der Waals surface area contributed by atoms with Crippen molar-refractivity contribution < 1.29 is 0 Å². The average Bonchev–Trinajstić information content (AvgIpc) is 2.65. The number of hydrogen-bond acceptors (Lipinski definition) is 3. The van der Waals surface area contributed by atoms with Crippen molar-refractivity contribution in [3.63, 3.8) is 0 Å². The molecule has 2 rings (SSSR count). The van der Waals surface area contributed by atoms with E-state index in [-0.39, 0.29) is 0 Å². The fourth-order valence-electron chi connectivity index (χ4n) is 1.92. The van der Waals surface area contributed by atoms with E-state index < -0.39 is 0 Å². The zero-order valence-corrected chi connectivity index (χ0v) is 11.5. The van der Waals surface area contributed by atoms with Crippen molar-refractivity contribution in [3.8, 4) is 0 Å². The summed E-state index contributed by atoms with van der Waals surface area (Å²) < 4.78 is 1.24. The minimum atomic E-state index is 1.12. The number of rotatable bonds is 3. The summed E-state index contributed by atoms with van der Waals surface area (Å²) in [7, 11) is 0. The van der Waals surface area contributed by atoms with E-state index in [0.717, 1.165) is 6.54 Å². The molecule has 0 spiro atoms. The zero-order valence-electron chi connectivity index (χ0n) is 9.08. The highest BCUT2D eigenvalue weighted by Crippen LogP contribution is 2.23. The third-order valence-corrected chi connectivity index (χ3v) is 4.53. The van der Waals surface area contributed by atoms with Crippen LogP contribution in [-0.4, -0.2) is 42.5 Å². The molecule has 0 radical (unpaired) electrons. The van der Waals surface area contributed by atoms with Gasteiger partial charge in [-0.2, -0.15) is 0 Å². The summed E-state index contributed by atoms with van der Waals surface area (Å²) in [6, 6.07) is 4.36. The van der Waals surface area contributed by atoms with Gasteiger partial charge in [0.05, 0.1) is 3.79 Å². The maximum Gasteiger partial charge on any atom is 0.0701 e. The van der Waals surface area contributed by atoms with Gasteiger partial charge in [0.15, 0.2) is 0 Å². The van der Waals surface area contributed by atoms with Crippen LogP contribution in [0.4, 0.5) is 0 Å². The molecule has 2 nitrogen and oxygen atoms in total. The van der Waals surface area contributed by atoms with Crippen molar-refractivity contribution in [1.82, 2.24) is 9.80 Å². The second kappa shape index (κ2) is 5.43.